The lowest BCUT2D eigenvalue weighted by Gasteiger charge is -2.22. The van der Waals surface area contributed by atoms with Crippen LogP contribution in [0.15, 0.2) is 12.1 Å². The zero-order valence-electron chi connectivity index (χ0n) is 12.8. The van der Waals surface area contributed by atoms with Crippen LogP contribution in [0.25, 0.3) is 0 Å². The molecule has 116 valence electrons. The van der Waals surface area contributed by atoms with E-state index in [-0.39, 0.29) is 11.3 Å². The van der Waals surface area contributed by atoms with Crippen molar-refractivity contribution < 1.29 is 23.5 Å². The number of aldehydes is 1. The Labute approximate surface area is 123 Å². The summed E-state index contributed by atoms with van der Waals surface area (Å²) < 4.78 is 24.2. The molecule has 1 rings (SSSR count). The molecule has 0 aliphatic rings. The largest absolute Gasteiger partial charge is 0.496 e. The van der Waals surface area contributed by atoms with Gasteiger partial charge < -0.3 is 19.6 Å². The van der Waals surface area contributed by atoms with Gasteiger partial charge in [-0.05, 0) is 45.4 Å². The predicted octanol–water partition coefficient (Wildman–Crippen LogP) is 2.91. The molecule has 0 spiro atoms. The number of hydrogen-bond acceptors (Lipinski definition) is 4. The van der Waals surface area contributed by atoms with E-state index in [4.69, 9.17) is 9.47 Å². The summed E-state index contributed by atoms with van der Waals surface area (Å²) in [4.78, 5) is 22.9. The van der Waals surface area contributed by atoms with Crippen molar-refractivity contribution >= 4 is 12.4 Å². The molecule has 0 saturated carbocycles. The molecule has 1 aromatic rings. The van der Waals surface area contributed by atoms with Gasteiger partial charge in [-0.3, -0.25) is 0 Å². The van der Waals surface area contributed by atoms with Crippen LogP contribution in [-0.2, 0) is 9.53 Å². The maximum Gasteiger partial charge on any atom is 0.408 e. The van der Waals surface area contributed by atoms with Gasteiger partial charge >= 0.3 is 6.09 Å². The first-order chi connectivity index (χ1) is 9.67. The summed E-state index contributed by atoms with van der Waals surface area (Å²) in [6.07, 6.45) is -0.373. The number of benzene rings is 1. The molecule has 1 amide bonds. The number of halogens is 1. The normalized spacial score (nSPS) is 12.5. The number of ether oxygens (including phenoxy) is 2. The Balaban J connectivity index is 3.06. The Hall–Kier alpha value is -2.11. The first-order valence-electron chi connectivity index (χ1n) is 6.46. The molecule has 1 unspecified atom stereocenters. The molecular formula is C15H20FNO4. The number of rotatable bonds is 4. The molecule has 1 aromatic carbocycles. The summed E-state index contributed by atoms with van der Waals surface area (Å²) in [6, 6.07) is 1.67. The van der Waals surface area contributed by atoms with Gasteiger partial charge in [0.2, 0.25) is 0 Å². The monoisotopic (exact) mass is 297 g/mol. The lowest BCUT2D eigenvalue weighted by Crippen LogP contribution is -2.36. The van der Waals surface area contributed by atoms with E-state index in [1.165, 1.54) is 13.2 Å². The number of alkyl carbamates (subject to hydrolysis) is 1. The molecule has 0 aromatic heterocycles. The third-order valence-electron chi connectivity index (χ3n) is 2.58. The van der Waals surface area contributed by atoms with Crippen molar-refractivity contribution in [2.24, 2.45) is 0 Å². The van der Waals surface area contributed by atoms with Crippen LogP contribution >= 0.6 is 0 Å². The quantitative estimate of drug-likeness (QED) is 0.868. The second kappa shape index (κ2) is 6.56. The summed E-state index contributed by atoms with van der Waals surface area (Å²) in [7, 11) is 1.37. The molecule has 0 fully saturated rings. The van der Waals surface area contributed by atoms with Gasteiger partial charge in [-0.2, -0.15) is 0 Å². The number of carbonyl (C=O) groups is 2. The van der Waals surface area contributed by atoms with Crippen LogP contribution < -0.4 is 10.1 Å². The highest BCUT2D eigenvalue weighted by atomic mass is 19.1. The van der Waals surface area contributed by atoms with Crippen molar-refractivity contribution in [1.82, 2.24) is 5.32 Å². The first-order valence-corrected chi connectivity index (χ1v) is 6.46. The molecule has 1 atom stereocenters. The molecule has 0 aliphatic heterocycles. The maximum atomic E-state index is 14.1. The van der Waals surface area contributed by atoms with Gasteiger partial charge in [-0.25, -0.2) is 9.18 Å². The van der Waals surface area contributed by atoms with Crippen molar-refractivity contribution in [2.45, 2.75) is 39.3 Å². The van der Waals surface area contributed by atoms with Gasteiger partial charge in [0.15, 0.2) is 0 Å². The van der Waals surface area contributed by atoms with E-state index in [1.807, 2.05) is 0 Å². The summed E-state index contributed by atoms with van der Waals surface area (Å²) in [5.41, 5.74) is -0.0908. The lowest BCUT2D eigenvalue weighted by atomic mass is 10.0. The Morgan fingerprint density at radius 3 is 2.48 bits per heavy atom. The van der Waals surface area contributed by atoms with Gasteiger partial charge in [-0.1, -0.05) is 0 Å². The Morgan fingerprint density at radius 1 is 1.38 bits per heavy atom. The second-order valence-corrected chi connectivity index (χ2v) is 5.62. The lowest BCUT2D eigenvalue weighted by molar-refractivity contribution is -0.109. The van der Waals surface area contributed by atoms with Crippen LogP contribution in [0.4, 0.5) is 9.18 Å². The van der Waals surface area contributed by atoms with Crippen LogP contribution in [-0.4, -0.2) is 25.1 Å². The van der Waals surface area contributed by atoms with Crippen molar-refractivity contribution in [2.75, 3.05) is 7.11 Å². The highest BCUT2D eigenvalue weighted by Crippen LogP contribution is 2.29. The van der Waals surface area contributed by atoms with E-state index < -0.39 is 23.6 Å². The number of nitrogens with one attached hydrogen (secondary N) is 1. The highest BCUT2D eigenvalue weighted by molar-refractivity contribution is 5.75. The molecule has 5 nitrogen and oxygen atoms in total. The van der Waals surface area contributed by atoms with Crippen LogP contribution in [0.2, 0.25) is 0 Å². The van der Waals surface area contributed by atoms with E-state index >= 15 is 0 Å². The molecule has 0 saturated heterocycles. The van der Waals surface area contributed by atoms with Crippen molar-refractivity contribution in [3.63, 3.8) is 0 Å². The molecule has 1 N–H and O–H groups in total. The fourth-order valence-corrected chi connectivity index (χ4v) is 1.80. The minimum absolute atomic E-state index is 0.0241. The van der Waals surface area contributed by atoms with E-state index in [2.05, 4.69) is 5.32 Å². The number of amides is 1. The summed E-state index contributed by atoms with van der Waals surface area (Å²) in [5.74, 6) is -0.430. The summed E-state index contributed by atoms with van der Waals surface area (Å²) in [5, 5.41) is 2.33. The third kappa shape index (κ3) is 4.73. The minimum atomic E-state index is -1.18. The zero-order chi connectivity index (χ0) is 16.2. The van der Waals surface area contributed by atoms with Crippen LogP contribution in [0, 0.1) is 12.7 Å². The van der Waals surface area contributed by atoms with Crippen molar-refractivity contribution in [1.29, 1.82) is 0 Å². The van der Waals surface area contributed by atoms with Crippen LogP contribution in [0.3, 0.4) is 0 Å². The Morgan fingerprint density at radius 2 is 2.00 bits per heavy atom. The maximum absolute atomic E-state index is 14.1. The van der Waals surface area contributed by atoms with Crippen LogP contribution in [0.1, 0.15) is 37.9 Å². The molecule has 0 bridgehead atoms. The number of hydrogen-bond donors (Lipinski definition) is 1. The number of methoxy groups -OCH3 is 1. The number of carbonyl (C=O) groups excluding carboxylic acids is 2. The summed E-state index contributed by atoms with van der Waals surface area (Å²) >= 11 is 0. The predicted molar refractivity (Wildman–Crippen MR) is 75.9 cm³/mol. The standard InChI is InChI=1S/C15H20FNO4/c1-9-6-10(16)13(12(7-9)20-5)11(8-18)17-14(19)21-15(2,3)4/h6-8,11H,1-5H3,(H,17,19). The molecular weight excluding hydrogens is 277 g/mol. The fraction of sp³-hybridized carbons (Fsp3) is 0.467. The fourth-order valence-electron chi connectivity index (χ4n) is 1.80. The second-order valence-electron chi connectivity index (χ2n) is 5.62. The number of aryl methyl sites for hydroxylation is 1. The van der Waals surface area contributed by atoms with E-state index in [0.29, 0.717) is 11.8 Å². The SMILES string of the molecule is COc1cc(C)cc(F)c1C(C=O)NC(=O)OC(C)(C)C. The smallest absolute Gasteiger partial charge is 0.408 e. The van der Waals surface area contributed by atoms with Crippen molar-refractivity contribution in [3.05, 3.63) is 29.1 Å². The zero-order valence-corrected chi connectivity index (χ0v) is 12.8. The van der Waals surface area contributed by atoms with Crippen LogP contribution in [0.5, 0.6) is 5.75 Å². The molecule has 0 radical (unpaired) electrons. The Bertz CT molecular complexity index is 537. The molecule has 0 aliphatic carbocycles. The average molecular weight is 297 g/mol. The molecule has 0 heterocycles. The molecule has 6 heteroatoms. The topological polar surface area (TPSA) is 64.6 Å². The highest BCUT2D eigenvalue weighted by Gasteiger charge is 2.25. The van der Waals surface area contributed by atoms with E-state index in [9.17, 15) is 14.0 Å². The van der Waals surface area contributed by atoms with Gasteiger partial charge in [0.1, 0.15) is 29.5 Å². The Kier molecular flexibility index (Phi) is 5.29. The minimum Gasteiger partial charge on any atom is -0.496 e. The van der Waals surface area contributed by atoms with Gasteiger partial charge in [0, 0.05) is 0 Å². The van der Waals surface area contributed by atoms with E-state index in [0.717, 1.165) is 0 Å². The summed E-state index contributed by atoms with van der Waals surface area (Å²) in [6.45, 7) is 6.77. The molecule has 21 heavy (non-hydrogen) atoms. The third-order valence-corrected chi connectivity index (χ3v) is 2.58. The average Bonchev–Trinajstić information content (AvgIpc) is 2.33. The van der Waals surface area contributed by atoms with Gasteiger partial charge in [0.25, 0.3) is 0 Å². The van der Waals surface area contributed by atoms with Gasteiger partial charge in [0.05, 0.1) is 12.7 Å². The first kappa shape index (κ1) is 16.9. The van der Waals surface area contributed by atoms with Gasteiger partial charge in [-0.15, -0.1) is 0 Å². The van der Waals surface area contributed by atoms with Crippen molar-refractivity contribution in [3.8, 4) is 5.75 Å². The van der Waals surface area contributed by atoms with E-state index in [1.54, 1.807) is 33.8 Å².